The van der Waals surface area contributed by atoms with Crippen molar-refractivity contribution in [1.29, 1.82) is 0 Å². The summed E-state index contributed by atoms with van der Waals surface area (Å²) in [6.07, 6.45) is 4.26. The van der Waals surface area contributed by atoms with E-state index in [4.69, 9.17) is 10.2 Å². The Hall–Kier alpha value is -1.96. The van der Waals surface area contributed by atoms with E-state index < -0.39 is 5.92 Å². The van der Waals surface area contributed by atoms with Crippen molar-refractivity contribution >= 4 is 17.5 Å². The van der Waals surface area contributed by atoms with E-state index in [-0.39, 0.29) is 18.0 Å². The zero-order valence-electron chi connectivity index (χ0n) is 16.3. The first-order chi connectivity index (χ1) is 12.1. The van der Waals surface area contributed by atoms with E-state index in [9.17, 15) is 9.59 Å². The van der Waals surface area contributed by atoms with Crippen LogP contribution in [0.4, 0.5) is 5.69 Å². The quantitative estimate of drug-likeness (QED) is 0.574. The fourth-order valence-electron chi connectivity index (χ4n) is 1.94. The Balaban J connectivity index is 0. The smallest absolute Gasteiger partial charge is 0.258 e. The lowest BCUT2D eigenvalue weighted by Gasteiger charge is -2.14. The van der Waals surface area contributed by atoms with Gasteiger partial charge in [-0.3, -0.25) is 15.0 Å². The van der Waals surface area contributed by atoms with E-state index in [0.717, 1.165) is 25.7 Å². The third-order valence-corrected chi connectivity index (χ3v) is 3.36. The molecule has 26 heavy (non-hydrogen) atoms. The van der Waals surface area contributed by atoms with Gasteiger partial charge in [0, 0.05) is 13.2 Å². The Bertz CT molecular complexity index is 475. The van der Waals surface area contributed by atoms with E-state index in [1.165, 1.54) is 5.01 Å². The summed E-state index contributed by atoms with van der Waals surface area (Å²) in [5.41, 5.74) is 3.34. The van der Waals surface area contributed by atoms with Crippen LogP contribution in [0, 0.1) is 5.92 Å². The van der Waals surface area contributed by atoms with Gasteiger partial charge in [0.2, 0.25) is 0 Å². The second-order valence-corrected chi connectivity index (χ2v) is 5.63. The number of nitrogens with one attached hydrogen (secondary N) is 1. The molecule has 1 fully saturated rings. The molecule has 1 aromatic rings. The highest BCUT2D eigenvalue weighted by Crippen LogP contribution is 2.22. The Morgan fingerprint density at radius 2 is 1.46 bits per heavy atom. The summed E-state index contributed by atoms with van der Waals surface area (Å²) in [5, 5.41) is 17.1. The SMILES string of the molecule is CCCCC1C(=O)NN(c2ccccc2)C1=O.CCCO.CCCO.N. The number of hydrazine groups is 1. The molecule has 7 heteroatoms. The third kappa shape index (κ3) is 9.50. The van der Waals surface area contributed by atoms with E-state index >= 15 is 0 Å². The van der Waals surface area contributed by atoms with Gasteiger partial charge in [-0.15, -0.1) is 0 Å². The number of benzene rings is 1. The molecule has 2 rings (SSSR count). The van der Waals surface area contributed by atoms with E-state index in [0.29, 0.717) is 25.3 Å². The number of aliphatic hydroxyl groups excluding tert-OH is 2. The number of para-hydroxylation sites is 1. The topological polar surface area (TPSA) is 125 Å². The summed E-state index contributed by atoms with van der Waals surface area (Å²) in [7, 11) is 0. The van der Waals surface area contributed by atoms with Crippen LogP contribution in [-0.2, 0) is 9.59 Å². The summed E-state index contributed by atoms with van der Waals surface area (Å²) < 4.78 is 0. The summed E-state index contributed by atoms with van der Waals surface area (Å²) in [6.45, 7) is 6.55. The minimum absolute atomic E-state index is 0. The van der Waals surface area contributed by atoms with Gasteiger partial charge in [0.1, 0.15) is 5.92 Å². The fraction of sp³-hybridized carbons (Fsp3) is 0.579. The van der Waals surface area contributed by atoms with Gasteiger partial charge in [-0.25, -0.2) is 5.01 Å². The molecule has 0 radical (unpaired) electrons. The summed E-state index contributed by atoms with van der Waals surface area (Å²) in [5.74, 6) is -0.850. The van der Waals surface area contributed by atoms with Crippen LogP contribution in [0.25, 0.3) is 0 Å². The average molecular weight is 370 g/mol. The monoisotopic (exact) mass is 369 g/mol. The first-order valence-electron chi connectivity index (χ1n) is 8.98. The van der Waals surface area contributed by atoms with Gasteiger partial charge in [0.15, 0.2) is 0 Å². The molecule has 1 aliphatic rings. The number of carbonyl (C=O) groups excluding carboxylic acids is 2. The maximum atomic E-state index is 12.1. The Morgan fingerprint density at radius 3 is 1.88 bits per heavy atom. The van der Waals surface area contributed by atoms with Gasteiger partial charge in [-0.2, -0.15) is 0 Å². The molecule has 2 amide bonds. The second kappa shape index (κ2) is 16.5. The number of carbonyl (C=O) groups is 2. The van der Waals surface area contributed by atoms with Crippen LogP contribution < -0.4 is 16.6 Å². The molecule has 0 aromatic heterocycles. The van der Waals surface area contributed by atoms with E-state index in [2.05, 4.69) is 5.43 Å². The Labute approximate surface area is 157 Å². The lowest BCUT2D eigenvalue weighted by molar-refractivity contribution is -0.127. The highest BCUT2D eigenvalue weighted by molar-refractivity contribution is 6.14. The zero-order valence-corrected chi connectivity index (χ0v) is 16.3. The molecule has 1 atom stereocenters. The van der Waals surface area contributed by atoms with E-state index in [1.54, 1.807) is 12.1 Å². The first kappa shape index (κ1) is 26.3. The van der Waals surface area contributed by atoms with Crippen molar-refractivity contribution in [3.05, 3.63) is 30.3 Å². The number of hydrogen-bond acceptors (Lipinski definition) is 5. The van der Waals surface area contributed by atoms with Crippen LogP contribution in [0.1, 0.15) is 52.9 Å². The maximum Gasteiger partial charge on any atom is 0.258 e. The summed E-state index contributed by atoms with van der Waals surface area (Å²) >= 11 is 0. The first-order valence-corrected chi connectivity index (χ1v) is 8.98. The number of rotatable bonds is 6. The molecule has 1 heterocycles. The highest BCUT2D eigenvalue weighted by Gasteiger charge is 2.39. The number of aliphatic hydroxyl groups is 2. The van der Waals surface area contributed by atoms with Crippen LogP contribution in [0.3, 0.4) is 0 Å². The number of unbranched alkanes of at least 4 members (excludes halogenated alkanes) is 1. The normalized spacial score (nSPS) is 15.1. The lowest BCUT2D eigenvalue weighted by atomic mass is 10.0. The van der Waals surface area contributed by atoms with Gasteiger partial charge < -0.3 is 16.4 Å². The lowest BCUT2D eigenvalue weighted by Crippen LogP contribution is -2.35. The second-order valence-electron chi connectivity index (χ2n) is 5.63. The summed E-state index contributed by atoms with van der Waals surface area (Å²) in [6, 6.07) is 9.17. The van der Waals surface area contributed by atoms with Crippen LogP contribution in [0.2, 0.25) is 0 Å². The van der Waals surface area contributed by atoms with Crippen LogP contribution in [-0.4, -0.2) is 35.2 Å². The predicted molar refractivity (Wildman–Crippen MR) is 105 cm³/mol. The van der Waals surface area contributed by atoms with Gasteiger partial charge in [-0.1, -0.05) is 51.8 Å². The standard InChI is InChI=1S/C13H16N2O2.2C3H8O.H3N/c1-2-3-9-11-12(16)14-15(13(11)17)10-7-5-4-6-8-10;2*1-2-3-4;/h4-8,11H,2-3,9H2,1H3,(H,14,16);2*4H,2-3H2,1H3;1H3. The molecule has 1 aromatic carbocycles. The third-order valence-electron chi connectivity index (χ3n) is 3.36. The van der Waals surface area contributed by atoms with Crippen LogP contribution >= 0.6 is 0 Å². The van der Waals surface area contributed by atoms with Crippen molar-refractivity contribution in [3.63, 3.8) is 0 Å². The van der Waals surface area contributed by atoms with Gasteiger partial charge in [0.05, 0.1) is 5.69 Å². The van der Waals surface area contributed by atoms with Crippen molar-refractivity contribution in [2.75, 3.05) is 18.2 Å². The van der Waals surface area contributed by atoms with Gasteiger partial charge in [0.25, 0.3) is 11.8 Å². The molecule has 1 aliphatic heterocycles. The number of hydrogen-bond donors (Lipinski definition) is 4. The predicted octanol–water partition coefficient (Wildman–Crippen LogP) is 2.81. The van der Waals surface area contributed by atoms with Gasteiger partial charge in [-0.05, 0) is 31.4 Å². The number of amides is 2. The minimum Gasteiger partial charge on any atom is -0.396 e. The molecular formula is C19H35N3O4. The minimum atomic E-state index is -0.518. The molecular weight excluding hydrogens is 334 g/mol. The molecule has 0 spiro atoms. The molecule has 6 N–H and O–H groups in total. The molecule has 150 valence electrons. The van der Waals surface area contributed by atoms with Crippen molar-refractivity contribution in [3.8, 4) is 0 Å². The number of anilines is 1. The Kier molecular flexibility index (Phi) is 16.7. The zero-order chi connectivity index (χ0) is 19.1. The molecule has 7 nitrogen and oxygen atoms in total. The molecule has 0 saturated carbocycles. The fourth-order valence-corrected chi connectivity index (χ4v) is 1.94. The van der Waals surface area contributed by atoms with Crippen molar-refractivity contribution < 1.29 is 19.8 Å². The molecule has 1 unspecified atom stereocenters. The van der Waals surface area contributed by atoms with Crippen LogP contribution in [0.15, 0.2) is 30.3 Å². The van der Waals surface area contributed by atoms with Crippen molar-refractivity contribution in [1.82, 2.24) is 11.6 Å². The van der Waals surface area contributed by atoms with E-state index in [1.807, 2.05) is 39.0 Å². The van der Waals surface area contributed by atoms with Crippen molar-refractivity contribution in [2.45, 2.75) is 52.9 Å². The highest BCUT2D eigenvalue weighted by atomic mass is 16.3. The maximum absolute atomic E-state index is 12.1. The Morgan fingerprint density at radius 1 is 0.962 bits per heavy atom. The molecule has 0 bridgehead atoms. The average Bonchev–Trinajstić information content (AvgIpc) is 2.95. The van der Waals surface area contributed by atoms with Gasteiger partial charge >= 0.3 is 0 Å². The molecule has 0 aliphatic carbocycles. The summed E-state index contributed by atoms with van der Waals surface area (Å²) in [4.78, 5) is 23.8. The largest absolute Gasteiger partial charge is 0.396 e. The van der Waals surface area contributed by atoms with Crippen LogP contribution in [0.5, 0.6) is 0 Å². The molecule has 1 saturated heterocycles. The number of nitrogens with zero attached hydrogens (tertiary/aromatic N) is 1. The van der Waals surface area contributed by atoms with Crippen molar-refractivity contribution in [2.24, 2.45) is 5.92 Å².